The zero-order valence-electron chi connectivity index (χ0n) is 11.7. The molecule has 1 N–H and O–H groups in total. The maximum atomic E-state index is 10.1. The van der Waals surface area contributed by atoms with Gasteiger partial charge in [-0.3, -0.25) is 0 Å². The van der Waals surface area contributed by atoms with Crippen molar-refractivity contribution in [2.24, 2.45) is 0 Å². The monoisotopic (exact) mass is 264 g/mol. The van der Waals surface area contributed by atoms with Crippen LogP contribution in [0.3, 0.4) is 0 Å². The lowest BCUT2D eigenvalue weighted by molar-refractivity contribution is 0.0301. The van der Waals surface area contributed by atoms with Crippen molar-refractivity contribution >= 4 is 0 Å². The lowest BCUT2D eigenvalue weighted by Gasteiger charge is -2.23. The Morgan fingerprint density at radius 3 is 2.63 bits per heavy atom. The molecule has 2 unspecified atom stereocenters. The topological polar surface area (TPSA) is 38.7 Å². The maximum absolute atomic E-state index is 10.1. The molecule has 2 rings (SSSR count). The first-order valence-corrected chi connectivity index (χ1v) is 7.38. The van der Waals surface area contributed by atoms with Gasteiger partial charge >= 0.3 is 0 Å². The second-order valence-electron chi connectivity index (χ2n) is 5.16. The second kappa shape index (κ2) is 7.39. The second-order valence-corrected chi connectivity index (χ2v) is 5.16. The Hall–Kier alpha value is -1.22. The Morgan fingerprint density at radius 1 is 1.11 bits per heavy atom. The molecular formula is C16H24O3. The molecule has 1 aromatic carbocycles. The standard InChI is InChI=1S/C16H24O3/c1-2-12-18-15-10-6-7-11-16(15)19-14-9-5-3-4-8-13(14)17/h6-7,10-11,13-14,17H,2-5,8-9,12H2,1H3. The van der Waals surface area contributed by atoms with E-state index >= 15 is 0 Å². The average Bonchev–Trinajstić information content (AvgIpc) is 2.63. The van der Waals surface area contributed by atoms with E-state index in [2.05, 4.69) is 6.92 Å². The smallest absolute Gasteiger partial charge is 0.161 e. The zero-order chi connectivity index (χ0) is 13.5. The maximum Gasteiger partial charge on any atom is 0.161 e. The Bertz CT molecular complexity index is 378. The van der Waals surface area contributed by atoms with Crippen LogP contribution in [0.4, 0.5) is 0 Å². The van der Waals surface area contributed by atoms with Gasteiger partial charge in [-0.25, -0.2) is 0 Å². The van der Waals surface area contributed by atoms with E-state index in [1.54, 1.807) is 0 Å². The third-order valence-corrected chi connectivity index (χ3v) is 3.51. The zero-order valence-corrected chi connectivity index (χ0v) is 11.7. The number of hydrogen-bond acceptors (Lipinski definition) is 3. The van der Waals surface area contributed by atoms with Gasteiger partial charge in [-0.2, -0.15) is 0 Å². The van der Waals surface area contributed by atoms with Crippen LogP contribution >= 0.6 is 0 Å². The summed E-state index contributed by atoms with van der Waals surface area (Å²) < 4.78 is 11.7. The lowest BCUT2D eigenvalue weighted by atomic mass is 10.1. The summed E-state index contributed by atoms with van der Waals surface area (Å²) in [5, 5.41) is 10.1. The molecule has 0 spiro atoms. The molecule has 2 atom stereocenters. The molecular weight excluding hydrogens is 240 g/mol. The fourth-order valence-corrected chi connectivity index (χ4v) is 2.43. The van der Waals surface area contributed by atoms with Crippen LogP contribution < -0.4 is 9.47 Å². The minimum absolute atomic E-state index is 0.103. The van der Waals surface area contributed by atoms with Crippen LogP contribution in [-0.2, 0) is 0 Å². The molecule has 106 valence electrons. The molecule has 1 aromatic rings. The van der Waals surface area contributed by atoms with Crippen LogP contribution in [0.5, 0.6) is 11.5 Å². The normalized spacial score (nSPS) is 23.7. The summed E-state index contributed by atoms with van der Waals surface area (Å²) in [6.45, 7) is 2.77. The first kappa shape index (κ1) is 14.2. The number of hydrogen-bond donors (Lipinski definition) is 1. The number of ether oxygens (including phenoxy) is 2. The van der Waals surface area contributed by atoms with E-state index in [1.807, 2.05) is 24.3 Å². The van der Waals surface area contributed by atoms with E-state index in [0.717, 1.165) is 43.6 Å². The van der Waals surface area contributed by atoms with E-state index in [1.165, 1.54) is 6.42 Å². The van der Waals surface area contributed by atoms with Crippen LogP contribution in [0.1, 0.15) is 45.4 Å². The van der Waals surface area contributed by atoms with Gasteiger partial charge in [0.15, 0.2) is 11.5 Å². The van der Waals surface area contributed by atoms with E-state index in [0.29, 0.717) is 6.61 Å². The molecule has 0 bridgehead atoms. The first-order chi connectivity index (χ1) is 9.31. The van der Waals surface area contributed by atoms with Gasteiger partial charge in [0.25, 0.3) is 0 Å². The number of benzene rings is 1. The molecule has 0 heterocycles. The molecule has 1 fully saturated rings. The quantitative estimate of drug-likeness (QED) is 0.827. The summed E-state index contributed by atoms with van der Waals surface area (Å²) in [5.41, 5.74) is 0. The van der Waals surface area contributed by atoms with Gasteiger partial charge in [0.05, 0.1) is 12.7 Å². The summed E-state index contributed by atoms with van der Waals surface area (Å²) in [6, 6.07) is 7.73. The van der Waals surface area contributed by atoms with Gasteiger partial charge in [0, 0.05) is 0 Å². The van der Waals surface area contributed by atoms with E-state index in [4.69, 9.17) is 9.47 Å². The van der Waals surface area contributed by atoms with Crippen molar-refractivity contribution in [1.82, 2.24) is 0 Å². The summed E-state index contributed by atoms with van der Waals surface area (Å²) in [4.78, 5) is 0. The van der Waals surface area contributed by atoms with Crippen LogP contribution in [0.2, 0.25) is 0 Å². The molecule has 19 heavy (non-hydrogen) atoms. The lowest BCUT2D eigenvalue weighted by Crippen LogP contribution is -2.30. The molecule has 3 nitrogen and oxygen atoms in total. The minimum Gasteiger partial charge on any atom is -0.490 e. The highest BCUT2D eigenvalue weighted by atomic mass is 16.5. The van der Waals surface area contributed by atoms with Crippen molar-refractivity contribution in [2.45, 2.75) is 57.7 Å². The minimum atomic E-state index is -0.360. The molecule has 0 aromatic heterocycles. The van der Waals surface area contributed by atoms with Crippen molar-refractivity contribution in [3.63, 3.8) is 0 Å². The van der Waals surface area contributed by atoms with E-state index in [9.17, 15) is 5.11 Å². The summed E-state index contributed by atoms with van der Waals surface area (Å²) in [6.07, 6.45) is 5.67. The Morgan fingerprint density at radius 2 is 1.84 bits per heavy atom. The van der Waals surface area contributed by atoms with Gasteiger partial charge in [-0.1, -0.05) is 31.9 Å². The summed E-state index contributed by atoms with van der Waals surface area (Å²) in [7, 11) is 0. The van der Waals surface area contributed by atoms with Crippen molar-refractivity contribution < 1.29 is 14.6 Å². The fraction of sp³-hybridized carbons (Fsp3) is 0.625. The van der Waals surface area contributed by atoms with Crippen LogP contribution in [0, 0.1) is 0 Å². The molecule has 1 aliphatic carbocycles. The Kier molecular flexibility index (Phi) is 5.52. The number of aliphatic hydroxyl groups excluding tert-OH is 1. The first-order valence-electron chi connectivity index (χ1n) is 7.38. The number of rotatable bonds is 5. The predicted molar refractivity (Wildman–Crippen MR) is 75.7 cm³/mol. The molecule has 0 saturated heterocycles. The van der Waals surface area contributed by atoms with E-state index in [-0.39, 0.29) is 12.2 Å². The molecule has 1 aliphatic rings. The SMILES string of the molecule is CCCOc1ccccc1OC1CCCCCC1O. The predicted octanol–water partition coefficient (Wildman–Crippen LogP) is 3.55. The van der Waals surface area contributed by atoms with Crippen molar-refractivity contribution in [3.05, 3.63) is 24.3 Å². The van der Waals surface area contributed by atoms with Crippen molar-refractivity contribution in [3.8, 4) is 11.5 Å². The van der Waals surface area contributed by atoms with Gasteiger partial charge in [0.1, 0.15) is 6.10 Å². The van der Waals surface area contributed by atoms with Gasteiger partial charge in [-0.15, -0.1) is 0 Å². The third-order valence-electron chi connectivity index (χ3n) is 3.51. The van der Waals surface area contributed by atoms with Crippen LogP contribution in [0.15, 0.2) is 24.3 Å². The van der Waals surface area contributed by atoms with Gasteiger partial charge < -0.3 is 14.6 Å². The van der Waals surface area contributed by atoms with Crippen molar-refractivity contribution in [2.75, 3.05) is 6.61 Å². The van der Waals surface area contributed by atoms with E-state index < -0.39 is 0 Å². The Labute approximate surface area is 115 Å². The van der Waals surface area contributed by atoms with Gasteiger partial charge in [-0.05, 0) is 37.8 Å². The van der Waals surface area contributed by atoms with Crippen molar-refractivity contribution in [1.29, 1.82) is 0 Å². The number of aliphatic hydroxyl groups is 1. The summed E-state index contributed by atoms with van der Waals surface area (Å²) >= 11 is 0. The van der Waals surface area contributed by atoms with Crippen LogP contribution in [-0.4, -0.2) is 23.9 Å². The summed E-state index contributed by atoms with van der Waals surface area (Å²) in [5.74, 6) is 1.53. The van der Waals surface area contributed by atoms with Gasteiger partial charge in [0.2, 0.25) is 0 Å². The van der Waals surface area contributed by atoms with Crippen LogP contribution in [0.25, 0.3) is 0 Å². The third kappa shape index (κ3) is 4.13. The number of para-hydroxylation sites is 2. The molecule has 1 saturated carbocycles. The molecule has 0 aliphatic heterocycles. The largest absolute Gasteiger partial charge is 0.490 e. The molecule has 0 radical (unpaired) electrons. The molecule has 0 amide bonds. The fourth-order valence-electron chi connectivity index (χ4n) is 2.43. The highest BCUT2D eigenvalue weighted by Crippen LogP contribution is 2.30. The Balaban J connectivity index is 2.04. The average molecular weight is 264 g/mol. The highest BCUT2D eigenvalue weighted by Gasteiger charge is 2.24. The molecule has 3 heteroatoms. The highest BCUT2D eigenvalue weighted by molar-refractivity contribution is 5.39.